The molecule has 0 radical (unpaired) electrons. The molecule has 2 saturated heterocycles. The van der Waals surface area contributed by atoms with Gasteiger partial charge in [-0.1, -0.05) is 30.3 Å². The average Bonchev–Trinajstić information content (AvgIpc) is 3.43. The number of nitrogens with one attached hydrogen (secondary N) is 1. The van der Waals surface area contributed by atoms with Gasteiger partial charge in [-0.15, -0.1) is 0 Å². The maximum atomic E-state index is 12.4. The highest BCUT2D eigenvalue weighted by Crippen LogP contribution is 2.32. The number of rotatable bonds is 5. The number of carbonyl (C=O) groups excluding carboxylic acids is 1. The van der Waals surface area contributed by atoms with E-state index in [9.17, 15) is 9.90 Å². The maximum Gasteiger partial charge on any atom is 0.264 e. The molecule has 3 fully saturated rings. The highest BCUT2D eigenvalue weighted by Gasteiger charge is 2.47. The van der Waals surface area contributed by atoms with E-state index in [-0.39, 0.29) is 24.0 Å². The molecule has 6 heteroatoms. The summed E-state index contributed by atoms with van der Waals surface area (Å²) in [4.78, 5) is 16.6. The van der Waals surface area contributed by atoms with E-state index in [4.69, 9.17) is 4.74 Å². The predicted octanol–water partition coefficient (Wildman–Crippen LogP) is 0.415. The van der Waals surface area contributed by atoms with Gasteiger partial charge in [0.05, 0.1) is 31.3 Å². The number of nitrogens with zero attached hydrogens (tertiary/aromatic N) is 2. The second-order valence-corrected chi connectivity index (χ2v) is 7.62. The van der Waals surface area contributed by atoms with E-state index in [1.807, 2.05) is 35.2 Å². The number of fused-ring (bicyclic) bond motifs is 1. The Bertz CT molecular complexity index is 607. The number of aliphatic hydroxyl groups is 1. The first-order valence-corrected chi connectivity index (χ1v) is 9.19. The zero-order valence-corrected chi connectivity index (χ0v) is 14.7. The minimum absolute atomic E-state index is 0.0166. The summed E-state index contributed by atoms with van der Waals surface area (Å²) in [6.07, 6.45) is 1.48. The fourth-order valence-electron chi connectivity index (χ4n) is 4.08. The Labute approximate surface area is 148 Å². The van der Waals surface area contributed by atoms with Crippen molar-refractivity contribution in [2.45, 2.75) is 43.7 Å². The van der Waals surface area contributed by atoms with Crippen LogP contribution in [-0.4, -0.2) is 72.0 Å². The lowest BCUT2D eigenvalue weighted by Crippen LogP contribution is -2.73. The molecule has 0 aromatic heterocycles. The van der Waals surface area contributed by atoms with Crippen LogP contribution in [0.25, 0.3) is 0 Å². The van der Waals surface area contributed by atoms with Gasteiger partial charge in [0.2, 0.25) is 0 Å². The number of hydrogen-bond acceptors (Lipinski definition) is 5. The largest absolute Gasteiger partial charge is 0.378 e. The van der Waals surface area contributed by atoms with Crippen LogP contribution < -0.4 is 5.32 Å². The van der Waals surface area contributed by atoms with Crippen LogP contribution in [0.1, 0.15) is 18.4 Å². The molecule has 25 heavy (non-hydrogen) atoms. The number of hydrogen-bond donors (Lipinski definition) is 2. The molecule has 1 amide bonds. The summed E-state index contributed by atoms with van der Waals surface area (Å²) in [6.45, 7) is 2.75. The Hall–Kier alpha value is -1.47. The Balaban J connectivity index is 1.53. The zero-order chi connectivity index (χ0) is 17.4. The lowest BCUT2D eigenvalue weighted by molar-refractivity contribution is -0.167. The number of carbonyl (C=O) groups is 1. The average molecular weight is 345 g/mol. The fourth-order valence-corrected chi connectivity index (χ4v) is 4.08. The summed E-state index contributed by atoms with van der Waals surface area (Å²) >= 11 is 0. The molecule has 6 nitrogen and oxygen atoms in total. The molecule has 2 aliphatic heterocycles. The normalized spacial score (nSPS) is 33.2. The summed E-state index contributed by atoms with van der Waals surface area (Å²) < 4.78 is 5.88. The van der Waals surface area contributed by atoms with Gasteiger partial charge in [0.25, 0.3) is 5.91 Å². The van der Waals surface area contributed by atoms with Crippen LogP contribution in [0, 0.1) is 5.92 Å². The SMILES string of the molecule is CN(CC1CC1)C1COCC2[C@@H]1NC(=O)C(O)N2Cc1ccccc1. The summed E-state index contributed by atoms with van der Waals surface area (Å²) in [5, 5.41) is 13.5. The minimum atomic E-state index is -1.13. The molecular formula is C19H27N3O3. The van der Waals surface area contributed by atoms with E-state index < -0.39 is 6.23 Å². The topological polar surface area (TPSA) is 65.0 Å². The van der Waals surface area contributed by atoms with Crippen molar-refractivity contribution in [3.63, 3.8) is 0 Å². The second kappa shape index (κ2) is 7.03. The number of ether oxygens (including phenoxy) is 1. The Morgan fingerprint density at radius 2 is 2.04 bits per heavy atom. The van der Waals surface area contributed by atoms with Crippen LogP contribution in [0.5, 0.6) is 0 Å². The van der Waals surface area contributed by atoms with Crippen LogP contribution in [0.4, 0.5) is 0 Å². The van der Waals surface area contributed by atoms with Crippen LogP contribution >= 0.6 is 0 Å². The van der Waals surface area contributed by atoms with Crippen molar-refractivity contribution in [1.29, 1.82) is 0 Å². The van der Waals surface area contributed by atoms with E-state index >= 15 is 0 Å². The van der Waals surface area contributed by atoms with Gasteiger partial charge in [-0.25, -0.2) is 0 Å². The predicted molar refractivity (Wildman–Crippen MR) is 93.7 cm³/mol. The highest BCUT2D eigenvalue weighted by atomic mass is 16.5. The number of amides is 1. The number of piperazine rings is 1. The van der Waals surface area contributed by atoms with Gasteiger partial charge >= 0.3 is 0 Å². The molecule has 1 saturated carbocycles. The molecule has 1 aromatic rings. The van der Waals surface area contributed by atoms with Crippen molar-refractivity contribution in [2.75, 3.05) is 26.8 Å². The van der Waals surface area contributed by atoms with Gasteiger partial charge < -0.3 is 15.2 Å². The second-order valence-electron chi connectivity index (χ2n) is 7.62. The Kier molecular flexibility index (Phi) is 4.78. The van der Waals surface area contributed by atoms with Gasteiger partial charge in [-0.2, -0.15) is 0 Å². The smallest absolute Gasteiger partial charge is 0.264 e. The van der Waals surface area contributed by atoms with E-state index in [2.05, 4.69) is 17.3 Å². The lowest BCUT2D eigenvalue weighted by atomic mass is 9.92. The van der Waals surface area contributed by atoms with Gasteiger partial charge in [0.15, 0.2) is 6.23 Å². The quantitative estimate of drug-likeness (QED) is 0.810. The third-order valence-corrected chi connectivity index (χ3v) is 5.71. The molecule has 2 heterocycles. The van der Waals surface area contributed by atoms with Crippen LogP contribution in [0.15, 0.2) is 30.3 Å². The van der Waals surface area contributed by atoms with Crippen molar-refractivity contribution in [1.82, 2.24) is 15.1 Å². The summed E-state index contributed by atoms with van der Waals surface area (Å²) in [7, 11) is 2.12. The standard InChI is InChI=1S/C19H27N3O3/c1-21(9-14-7-8-14)15-11-25-12-16-17(15)20-18(23)19(24)22(16)10-13-5-3-2-4-6-13/h2-6,14-17,19,24H,7-12H2,1H3,(H,20,23)/t15?,16?,17-,19?/m1/s1. The molecule has 1 aromatic carbocycles. The lowest BCUT2D eigenvalue weighted by Gasteiger charge is -2.51. The van der Waals surface area contributed by atoms with E-state index in [1.165, 1.54) is 12.8 Å². The monoisotopic (exact) mass is 345 g/mol. The molecule has 136 valence electrons. The first-order valence-electron chi connectivity index (χ1n) is 9.19. The first-order chi connectivity index (χ1) is 12.1. The molecular weight excluding hydrogens is 318 g/mol. The van der Waals surface area contributed by atoms with E-state index in [0.29, 0.717) is 19.8 Å². The fraction of sp³-hybridized carbons (Fsp3) is 0.632. The third kappa shape index (κ3) is 3.58. The highest BCUT2D eigenvalue weighted by molar-refractivity contribution is 5.81. The number of aliphatic hydroxyl groups excluding tert-OH is 1. The van der Waals surface area contributed by atoms with Crippen molar-refractivity contribution < 1.29 is 14.6 Å². The van der Waals surface area contributed by atoms with Crippen LogP contribution in [0.3, 0.4) is 0 Å². The van der Waals surface area contributed by atoms with Gasteiger partial charge in [0, 0.05) is 13.1 Å². The molecule has 2 N–H and O–H groups in total. The van der Waals surface area contributed by atoms with Crippen molar-refractivity contribution in [3.8, 4) is 0 Å². The Morgan fingerprint density at radius 3 is 2.76 bits per heavy atom. The first kappa shape index (κ1) is 17.0. The number of likely N-dealkylation sites (N-methyl/N-ethyl adjacent to an activating group) is 1. The minimum Gasteiger partial charge on any atom is -0.378 e. The third-order valence-electron chi connectivity index (χ3n) is 5.71. The van der Waals surface area contributed by atoms with Gasteiger partial charge in [0.1, 0.15) is 0 Å². The van der Waals surface area contributed by atoms with Crippen molar-refractivity contribution in [2.24, 2.45) is 5.92 Å². The molecule has 4 rings (SSSR count). The molecule has 0 bridgehead atoms. The maximum absolute atomic E-state index is 12.4. The Morgan fingerprint density at radius 1 is 1.28 bits per heavy atom. The van der Waals surface area contributed by atoms with Crippen LogP contribution in [0.2, 0.25) is 0 Å². The van der Waals surface area contributed by atoms with E-state index in [1.54, 1.807) is 0 Å². The summed E-state index contributed by atoms with van der Waals surface area (Å²) in [5.41, 5.74) is 1.09. The number of benzene rings is 1. The summed E-state index contributed by atoms with van der Waals surface area (Å²) in [6, 6.07) is 10.1. The van der Waals surface area contributed by atoms with Gasteiger partial charge in [-0.3, -0.25) is 14.6 Å². The molecule has 3 unspecified atom stereocenters. The molecule has 3 aliphatic rings. The van der Waals surface area contributed by atoms with Crippen molar-refractivity contribution >= 4 is 5.91 Å². The summed E-state index contributed by atoms with van der Waals surface area (Å²) in [5.74, 6) is 0.486. The van der Waals surface area contributed by atoms with Crippen LogP contribution in [-0.2, 0) is 16.1 Å². The van der Waals surface area contributed by atoms with E-state index in [0.717, 1.165) is 18.0 Å². The molecule has 1 aliphatic carbocycles. The molecule has 0 spiro atoms. The molecule has 4 atom stereocenters. The zero-order valence-electron chi connectivity index (χ0n) is 14.7. The van der Waals surface area contributed by atoms with Gasteiger partial charge in [-0.05, 0) is 31.4 Å². The van der Waals surface area contributed by atoms with Crippen molar-refractivity contribution in [3.05, 3.63) is 35.9 Å².